The van der Waals surface area contributed by atoms with E-state index < -0.39 is 0 Å². The Hall–Kier alpha value is -1.38. The van der Waals surface area contributed by atoms with E-state index in [-0.39, 0.29) is 0 Å². The Bertz CT molecular complexity index is 443. The van der Waals surface area contributed by atoms with Crippen molar-refractivity contribution in [2.24, 2.45) is 13.0 Å². The summed E-state index contributed by atoms with van der Waals surface area (Å²) in [5.41, 5.74) is 2.40. The van der Waals surface area contributed by atoms with Gasteiger partial charge < -0.3 is 0 Å². The first-order valence-electron chi connectivity index (χ1n) is 5.00. The molecular formula is C11H16N3+. The van der Waals surface area contributed by atoms with Crippen LogP contribution in [0.1, 0.15) is 13.8 Å². The van der Waals surface area contributed by atoms with Crippen LogP contribution in [0.15, 0.2) is 24.3 Å². The van der Waals surface area contributed by atoms with Crippen molar-refractivity contribution in [3.63, 3.8) is 0 Å². The molecule has 0 aliphatic rings. The van der Waals surface area contributed by atoms with Crippen LogP contribution in [0.3, 0.4) is 0 Å². The first-order chi connectivity index (χ1) is 6.68. The van der Waals surface area contributed by atoms with Crippen LogP contribution in [0.5, 0.6) is 0 Å². The second-order valence-electron chi connectivity index (χ2n) is 4.08. The molecule has 0 saturated carbocycles. The van der Waals surface area contributed by atoms with E-state index in [0.29, 0.717) is 5.92 Å². The molecular weight excluding hydrogens is 174 g/mol. The Morgan fingerprint density at radius 1 is 1.36 bits per heavy atom. The number of benzene rings is 1. The summed E-state index contributed by atoms with van der Waals surface area (Å²) in [7, 11) is 1.99. The number of aromatic nitrogens is 3. The highest BCUT2D eigenvalue weighted by Gasteiger charge is 2.14. The van der Waals surface area contributed by atoms with Gasteiger partial charge in [0.25, 0.3) is 0 Å². The third-order valence-electron chi connectivity index (χ3n) is 2.29. The molecule has 0 bridgehead atoms. The lowest BCUT2D eigenvalue weighted by Crippen LogP contribution is -2.31. The molecule has 74 valence electrons. The molecule has 1 heterocycles. The average Bonchev–Trinajstić information content (AvgIpc) is 2.44. The molecule has 0 aliphatic carbocycles. The standard InChI is InChI=1S/C11H16N3/c1-9(2)8-14-11-7-5-4-6-10(11)13(3)12-14/h4-7,9H,8H2,1-3H3/q+1. The van der Waals surface area contributed by atoms with E-state index >= 15 is 0 Å². The van der Waals surface area contributed by atoms with E-state index in [1.165, 1.54) is 11.0 Å². The molecule has 0 fully saturated rings. The lowest BCUT2D eigenvalue weighted by molar-refractivity contribution is -0.709. The second-order valence-corrected chi connectivity index (χ2v) is 4.08. The molecule has 3 nitrogen and oxygen atoms in total. The zero-order chi connectivity index (χ0) is 10.1. The fraction of sp³-hybridized carbons (Fsp3) is 0.455. The highest BCUT2D eigenvalue weighted by atomic mass is 15.5. The molecule has 14 heavy (non-hydrogen) atoms. The summed E-state index contributed by atoms with van der Waals surface area (Å²) in [6.45, 7) is 5.38. The van der Waals surface area contributed by atoms with Gasteiger partial charge in [0.05, 0.1) is 5.21 Å². The highest BCUT2D eigenvalue weighted by molar-refractivity contribution is 5.70. The van der Waals surface area contributed by atoms with Crippen molar-refractivity contribution in [2.75, 3.05) is 0 Å². The molecule has 2 aromatic rings. The van der Waals surface area contributed by atoms with Gasteiger partial charge in [-0.05, 0) is 18.1 Å². The van der Waals surface area contributed by atoms with Gasteiger partial charge in [0.1, 0.15) is 13.6 Å². The Labute approximate surface area is 83.9 Å². The SMILES string of the molecule is CC(C)Cn1n[n+](C)c2ccccc21. The molecule has 0 saturated heterocycles. The molecule has 0 spiro atoms. The minimum Gasteiger partial charge on any atom is -0.132 e. The summed E-state index contributed by atoms with van der Waals surface area (Å²) < 4.78 is 4.00. The first kappa shape index (κ1) is 9.19. The molecule has 0 amide bonds. The minimum absolute atomic E-state index is 0.623. The number of rotatable bonds is 2. The predicted molar refractivity (Wildman–Crippen MR) is 55.7 cm³/mol. The second kappa shape index (κ2) is 3.40. The van der Waals surface area contributed by atoms with Gasteiger partial charge in [-0.1, -0.05) is 26.0 Å². The van der Waals surface area contributed by atoms with Gasteiger partial charge in [-0.3, -0.25) is 0 Å². The number of fused-ring (bicyclic) bond motifs is 1. The van der Waals surface area contributed by atoms with Crippen LogP contribution in [0, 0.1) is 5.92 Å². The van der Waals surface area contributed by atoms with E-state index in [4.69, 9.17) is 0 Å². The van der Waals surface area contributed by atoms with Crippen molar-refractivity contribution in [2.45, 2.75) is 20.4 Å². The maximum Gasteiger partial charge on any atom is 0.198 e. The maximum absolute atomic E-state index is 4.46. The number of nitrogens with zero attached hydrogens (tertiary/aromatic N) is 3. The Kier molecular flexibility index (Phi) is 2.23. The van der Waals surface area contributed by atoms with E-state index in [9.17, 15) is 0 Å². The maximum atomic E-state index is 4.46. The van der Waals surface area contributed by atoms with E-state index in [1.807, 2.05) is 17.8 Å². The van der Waals surface area contributed by atoms with Crippen LogP contribution in [0.2, 0.25) is 0 Å². The molecule has 2 rings (SSSR count). The van der Waals surface area contributed by atoms with Crippen molar-refractivity contribution >= 4 is 11.0 Å². The molecule has 1 aromatic heterocycles. The van der Waals surface area contributed by atoms with E-state index in [0.717, 1.165) is 6.54 Å². The van der Waals surface area contributed by atoms with Gasteiger partial charge >= 0.3 is 0 Å². The highest BCUT2D eigenvalue weighted by Crippen LogP contribution is 2.09. The smallest absolute Gasteiger partial charge is 0.132 e. The predicted octanol–water partition coefficient (Wildman–Crippen LogP) is 1.52. The van der Waals surface area contributed by atoms with Crippen molar-refractivity contribution in [1.82, 2.24) is 9.90 Å². The van der Waals surface area contributed by atoms with Crippen LogP contribution in [-0.4, -0.2) is 9.90 Å². The summed E-state index contributed by atoms with van der Waals surface area (Å²) in [6.07, 6.45) is 0. The van der Waals surface area contributed by atoms with Crippen molar-refractivity contribution in [1.29, 1.82) is 0 Å². The van der Waals surface area contributed by atoms with Crippen LogP contribution in [0.25, 0.3) is 11.0 Å². The zero-order valence-electron chi connectivity index (χ0n) is 8.94. The molecule has 0 atom stereocenters. The van der Waals surface area contributed by atoms with Gasteiger partial charge in [-0.2, -0.15) is 0 Å². The molecule has 0 N–H and O–H groups in total. The van der Waals surface area contributed by atoms with E-state index in [1.54, 1.807) is 0 Å². The fourth-order valence-corrected chi connectivity index (χ4v) is 1.70. The van der Waals surface area contributed by atoms with Crippen molar-refractivity contribution in [3.05, 3.63) is 24.3 Å². The molecule has 1 aromatic carbocycles. The quantitative estimate of drug-likeness (QED) is 0.658. The number of aryl methyl sites for hydroxylation is 1. The van der Waals surface area contributed by atoms with Gasteiger partial charge in [0.2, 0.25) is 0 Å². The number of para-hydroxylation sites is 2. The first-order valence-corrected chi connectivity index (χ1v) is 5.00. The molecule has 0 radical (unpaired) electrons. The monoisotopic (exact) mass is 190 g/mol. The zero-order valence-corrected chi connectivity index (χ0v) is 8.94. The van der Waals surface area contributed by atoms with Gasteiger partial charge in [-0.15, -0.1) is 9.36 Å². The fourth-order valence-electron chi connectivity index (χ4n) is 1.70. The Balaban J connectivity index is 2.55. The Morgan fingerprint density at radius 3 is 2.79 bits per heavy atom. The minimum atomic E-state index is 0.623. The van der Waals surface area contributed by atoms with Crippen molar-refractivity contribution < 1.29 is 4.68 Å². The summed E-state index contributed by atoms with van der Waals surface area (Å²) in [6, 6.07) is 8.31. The summed E-state index contributed by atoms with van der Waals surface area (Å²) in [4.78, 5) is 0. The molecule has 3 heteroatoms. The third-order valence-corrected chi connectivity index (χ3v) is 2.29. The van der Waals surface area contributed by atoms with Crippen molar-refractivity contribution in [3.8, 4) is 0 Å². The Morgan fingerprint density at radius 2 is 2.07 bits per heavy atom. The molecule has 0 unspecified atom stereocenters. The van der Waals surface area contributed by atoms with Gasteiger partial charge in [-0.25, -0.2) is 0 Å². The summed E-state index contributed by atoms with van der Waals surface area (Å²) in [5.74, 6) is 0.623. The summed E-state index contributed by atoms with van der Waals surface area (Å²) >= 11 is 0. The number of hydrogen-bond donors (Lipinski definition) is 0. The van der Waals surface area contributed by atoms with Gasteiger partial charge in [0.15, 0.2) is 11.0 Å². The molecule has 0 aliphatic heterocycles. The van der Waals surface area contributed by atoms with Crippen LogP contribution in [-0.2, 0) is 13.6 Å². The lowest BCUT2D eigenvalue weighted by Gasteiger charge is -1.97. The lowest BCUT2D eigenvalue weighted by atomic mass is 10.2. The topological polar surface area (TPSA) is 21.7 Å². The third kappa shape index (κ3) is 1.50. The number of hydrogen-bond acceptors (Lipinski definition) is 1. The normalized spacial score (nSPS) is 11.4. The average molecular weight is 190 g/mol. The largest absolute Gasteiger partial charge is 0.198 e. The van der Waals surface area contributed by atoms with Crippen LogP contribution in [0.4, 0.5) is 0 Å². The van der Waals surface area contributed by atoms with Crippen LogP contribution < -0.4 is 4.68 Å². The summed E-state index contributed by atoms with van der Waals surface area (Å²) in [5, 5.41) is 4.46. The van der Waals surface area contributed by atoms with E-state index in [2.05, 4.69) is 41.9 Å². The van der Waals surface area contributed by atoms with Crippen LogP contribution >= 0.6 is 0 Å². The van der Waals surface area contributed by atoms with Gasteiger partial charge in [0, 0.05) is 0 Å².